The molecule has 17 heteroatoms. The minimum Gasteiger partial charge on any atom is -0.398 e. The average Bonchev–Trinajstić information content (AvgIpc) is 3.82. The summed E-state index contributed by atoms with van der Waals surface area (Å²) in [5, 5.41) is 12.7. The van der Waals surface area contributed by atoms with Crippen molar-refractivity contribution in [2.24, 2.45) is 0 Å². The molecule has 3 N–H and O–H groups in total. The second-order valence-electron chi connectivity index (χ2n) is 15.5. The number of fused-ring (bicyclic) bond motifs is 2. The lowest BCUT2D eigenvalue weighted by Crippen LogP contribution is -2.39. The molecule has 4 aromatic heterocycles. The number of benzene rings is 2. The number of aromatic nitrogens is 6. The monoisotopic (exact) mass is 902 g/mol. The van der Waals surface area contributed by atoms with Gasteiger partial charge in [-0.15, -0.1) is 0 Å². The number of anilines is 2. The third-order valence-corrected chi connectivity index (χ3v) is 11.3. The molecule has 0 saturated carbocycles. The van der Waals surface area contributed by atoms with Crippen LogP contribution >= 0.6 is 34.8 Å². The van der Waals surface area contributed by atoms with Gasteiger partial charge in [0.05, 0.1) is 40.3 Å². The molecule has 2 fully saturated rings. The zero-order chi connectivity index (χ0) is 44.1. The SMILES string of the molecule is C.CC(=O)Cl.CC(=O)Nc1ccc(C)cc1C(=O)N1CCCC[C@H]1c1cc2nc(Cl)c(C)cn2n1.Cc1ccc(N)c(C(=O)N2CCCC[C@H]2c2cc3nc(Cl)c(C)cn3n2)c1. The fourth-order valence-electron chi connectivity index (χ4n) is 7.60. The molecule has 14 nitrogen and oxygen atoms in total. The highest BCUT2D eigenvalue weighted by molar-refractivity contribution is 6.62. The van der Waals surface area contributed by atoms with Crippen LogP contribution in [0.3, 0.4) is 0 Å². The number of aryl methyl sites for hydroxylation is 4. The Morgan fingerprint density at radius 2 is 1.11 bits per heavy atom. The second kappa shape index (κ2) is 20.5. The summed E-state index contributed by atoms with van der Waals surface area (Å²) in [5.41, 5.74) is 14.8. The summed E-state index contributed by atoms with van der Waals surface area (Å²) >= 11 is 16.9. The van der Waals surface area contributed by atoms with Gasteiger partial charge in [0.2, 0.25) is 11.1 Å². The predicted octanol–water partition coefficient (Wildman–Crippen LogP) is 9.68. The van der Waals surface area contributed by atoms with Gasteiger partial charge in [0.15, 0.2) is 11.3 Å². The highest BCUT2D eigenvalue weighted by Gasteiger charge is 2.33. The third kappa shape index (κ3) is 11.1. The van der Waals surface area contributed by atoms with Crippen LogP contribution in [-0.4, -0.2) is 75.0 Å². The molecule has 0 radical (unpaired) electrons. The van der Waals surface area contributed by atoms with Crippen LogP contribution in [0.5, 0.6) is 0 Å². The summed E-state index contributed by atoms with van der Waals surface area (Å²) in [4.78, 5) is 60.2. The van der Waals surface area contributed by atoms with Crippen molar-refractivity contribution in [2.45, 2.75) is 99.6 Å². The first-order chi connectivity index (χ1) is 29.0. The van der Waals surface area contributed by atoms with Crippen LogP contribution < -0.4 is 11.1 Å². The van der Waals surface area contributed by atoms with Crippen molar-refractivity contribution >= 4 is 80.4 Å². The maximum atomic E-state index is 13.6. The number of nitrogens with two attached hydrogens (primary N) is 1. The zero-order valence-corrected chi connectivity index (χ0v) is 37.3. The first-order valence-corrected chi connectivity index (χ1v) is 21.2. The van der Waals surface area contributed by atoms with E-state index in [0.717, 1.165) is 72.2 Å². The Morgan fingerprint density at radius 1 is 0.677 bits per heavy atom. The van der Waals surface area contributed by atoms with Gasteiger partial charge in [0.25, 0.3) is 11.8 Å². The Hall–Kier alpha value is -5.57. The highest BCUT2D eigenvalue weighted by Crippen LogP contribution is 2.35. The van der Waals surface area contributed by atoms with Gasteiger partial charge >= 0.3 is 0 Å². The van der Waals surface area contributed by atoms with Crippen LogP contribution in [-0.2, 0) is 9.59 Å². The van der Waals surface area contributed by atoms with E-state index in [-0.39, 0.29) is 42.5 Å². The number of halogens is 3. The molecular weight excluding hydrogens is 851 g/mol. The number of nitrogen functional groups attached to an aromatic ring is 1. The number of carbonyl (C=O) groups is 4. The van der Waals surface area contributed by atoms with Crippen LogP contribution in [0.15, 0.2) is 60.9 Å². The van der Waals surface area contributed by atoms with Crippen molar-refractivity contribution in [1.29, 1.82) is 0 Å². The molecule has 2 atom stereocenters. The summed E-state index contributed by atoms with van der Waals surface area (Å²) < 4.78 is 3.44. The Labute approximate surface area is 376 Å². The van der Waals surface area contributed by atoms with E-state index in [2.05, 4.69) is 37.1 Å². The zero-order valence-electron chi connectivity index (χ0n) is 35.0. The molecule has 8 rings (SSSR count). The molecule has 3 amide bonds. The minimum atomic E-state index is -0.361. The van der Waals surface area contributed by atoms with Crippen molar-refractivity contribution in [3.05, 3.63) is 116 Å². The number of rotatable bonds is 5. The lowest BCUT2D eigenvalue weighted by Gasteiger charge is -2.35. The fourth-order valence-corrected chi connectivity index (χ4v) is 7.87. The van der Waals surface area contributed by atoms with E-state index in [1.54, 1.807) is 21.2 Å². The van der Waals surface area contributed by atoms with Gasteiger partial charge in [-0.3, -0.25) is 19.2 Å². The number of piperidine rings is 2. The number of likely N-dealkylation sites (tertiary alicyclic amines) is 2. The normalized spacial score (nSPS) is 16.1. The summed E-state index contributed by atoms with van der Waals surface area (Å²) in [6, 6.07) is 14.6. The second-order valence-corrected chi connectivity index (χ2v) is 16.7. The molecule has 2 saturated heterocycles. The molecule has 0 unspecified atom stereocenters. The largest absolute Gasteiger partial charge is 0.398 e. The van der Waals surface area contributed by atoms with Crippen LogP contribution in [0, 0.1) is 27.7 Å². The van der Waals surface area contributed by atoms with E-state index in [1.165, 1.54) is 13.8 Å². The molecule has 62 heavy (non-hydrogen) atoms. The number of carbonyl (C=O) groups excluding carboxylic acids is 4. The van der Waals surface area contributed by atoms with E-state index in [1.807, 2.05) is 86.3 Å². The van der Waals surface area contributed by atoms with Crippen LogP contribution in [0.4, 0.5) is 11.4 Å². The van der Waals surface area contributed by atoms with Gasteiger partial charge in [0.1, 0.15) is 10.3 Å². The fraction of sp³-hybridized carbons (Fsp3) is 0.378. The van der Waals surface area contributed by atoms with Gasteiger partial charge in [-0.1, -0.05) is 53.9 Å². The van der Waals surface area contributed by atoms with Gasteiger partial charge in [-0.05, 0) is 102 Å². The number of hydrogen-bond donors (Lipinski definition) is 2. The number of amides is 3. The van der Waals surface area contributed by atoms with E-state index in [0.29, 0.717) is 57.2 Å². The Balaban J connectivity index is 0.000000213. The molecule has 0 spiro atoms. The Kier molecular flexibility index (Phi) is 15.7. The van der Waals surface area contributed by atoms with Gasteiger partial charge in [-0.25, -0.2) is 19.0 Å². The van der Waals surface area contributed by atoms with Crippen LogP contribution in [0.25, 0.3) is 11.3 Å². The predicted molar refractivity (Wildman–Crippen MR) is 245 cm³/mol. The van der Waals surface area contributed by atoms with Crippen LogP contribution in [0.1, 0.15) is 126 Å². The van der Waals surface area contributed by atoms with Crippen molar-refractivity contribution in [3.8, 4) is 0 Å². The maximum absolute atomic E-state index is 13.6. The molecule has 0 aliphatic carbocycles. The quantitative estimate of drug-likeness (QED) is 0.0970. The lowest BCUT2D eigenvalue weighted by molar-refractivity contribution is -0.114. The molecular formula is C45H53Cl3N10O4. The smallest absolute Gasteiger partial charge is 0.256 e. The molecule has 6 aromatic rings. The van der Waals surface area contributed by atoms with Crippen molar-refractivity contribution in [2.75, 3.05) is 24.1 Å². The maximum Gasteiger partial charge on any atom is 0.256 e. The number of hydrogen-bond acceptors (Lipinski definition) is 9. The van der Waals surface area contributed by atoms with E-state index >= 15 is 0 Å². The summed E-state index contributed by atoms with van der Waals surface area (Å²) in [5.74, 6) is -0.353. The standard InChI is InChI=1S/C22H24ClN5O2.C20H22ClN5O.C2H3ClO.CH4/c1-13-7-8-17(24-15(3)29)16(10-13)22(30)27-9-5-4-6-19(27)18-11-20-25-21(23)14(2)12-28(20)26-18;1-12-6-7-15(22)14(9-12)20(27)25-8-4-3-5-17(25)16-10-18-23-19(21)13(2)11-26(18)24-16;1-2(3)4;/h7-8,10-12,19H,4-6,9H2,1-3H3,(H,24,29);6-7,9-11,17H,3-5,8,22H2,1-2H3;1H3;1H4/t19-;17-;;/m00../s1. The van der Waals surface area contributed by atoms with E-state index < -0.39 is 0 Å². The van der Waals surface area contributed by atoms with Crippen molar-refractivity contribution in [1.82, 2.24) is 39.0 Å². The average molecular weight is 904 g/mol. The van der Waals surface area contributed by atoms with Gasteiger partial charge in [0, 0.05) is 68.3 Å². The Bertz CT molecular complexity index is 2540. The van der Waals surface area contributed by atoms with Crippen molar-refractivity contribution < 1.29 is 19.2 Å². The Morgan fingerprint density at radius 3 is 1.58 bits per heavy atom. The molecule has 6 heterocycles. The summed E-state index contributed by atoms with van der Waals surface area (Å²) in [6.07, 6.45) is 9.38. The van der Waals surface area contributed by atoms with E-state index in [4.69, 9.17) is 28.9 Å². The first-order valence-electron chi connectivity index (χ1n) is 20.1. The van der Waals surface area contributed by atoms with Gasteiger partial charge < -0.3 is 20.9 Å². The van der Waals surface area contributed by atoms with Crippen molar-refractivity contribution in [3.63, 3.8) is 0 Å². The van der Waals surface area contributed by atoms with E-state index in [9.17, 15) is 19.2 Å². The molecule has 328 valence electrons. The van der Waals surface area contributed by atoms with Crippen LogP contribution in [0.2, 0.25) is 10.3 Å². The first kappa shape index (κ1) is 47.5. The van der Waals surface area contributed by atoms with Gasteiger partial charge in [-0.2, -0.15) is 10.2 Å². The summed E-state index contributed by atoms with van der Waals surface area (Å²) in [7, 11) is 0. The minimum absolute atomic E-state index is 0. The topological polar surface area (TPSA) is 173 Å². The third-order valence-electron chi connectivity index (χ3n) is 10.5. The highest BCUT2D eigenvalue weighted by atomic mass is 35.5. The molecule has 2 aromatic carbocycles. The number of nitrogens with one attached hydrogen (secondary N) is 1. The molecule has 2 aliphatic heterocycles. The number of nitrogens with zero attached hydrogens (tertiary/aromatic N) is 8. The summed E-state index contributed by atoms with van der Waals surface area (Å²) in [6.45, 7) is 11.7. The molecule has 2 aliphatic rings. The lowest BCUT2D eigenvalue weighted by atomic mass is 9.97. The molecule has 0 bridgehead atoms.